The Morgan fingerprint density at radius 3 is 2.79 bits per heavy atom. The Morgan fingerprint density at radius 1 is 1.26 bits per heavy atom. The highest BCUT2D eigenvalue weighted by Gasteiger charge is 2.40. The summed E-state index contributed by atoms with van der Waals surface area (Å²) in [6.45, 7) is 1.73. The fourth-order valence-electron chi connectivity index (χ4n) is 3.49. The van der Waals surface area contributed by atoms with Crippen LogP contribution in [0.15, 0.2) is 24.3 Å². The van der Waals surface area contributed by atoms with Gasteiger partial charge in [-0.1, -0.05) is 18.6 Å². The lowest BCUT2D eigenvalue weighted by Crippen LogP contribution is -2.38. The Hall–Kier alpha value is -0.620. The van der Waals surface area contributed by atoms with Gasteiger partial charge in [-0.15, -0.1) is 0 Å². The zero-order valence-electron chi connectivity index (χ0n) is 10.9. The van der Waals surface area contributed by atoms with Crippen molar-refractivity contribution < 1.29 is 4.79 Å². The summed E-state index contributed by atoms with van der Waals surface area (Å²) in [4.78, 5) is 14.6. The van der Waals surface area contributed by atoms with Crippen LogP contribution < -0.4 is 5.73 Å². The zero-order chi connectivity index (χ0) is 13.4. The summed E-state index contributed by atoms with van der Waals surface area (Å²) in [5.41, 5.74) is 7.04. The minimum Gasteiger partial charge on any atom is -0.338 e. The van der Waals surface area contributed by atoms with Crippen molar-refractivity contribution >= 4 is 28.5 Å². The van der Waals surface area contributed by atoms with Crippen LogP contribution in [0.4, 0.5) is 0 Å². The number of amides is 1. The van der Waals surface area contributed by atoms with Gasteiger partial charge in [-0.3, -0.25) is 4.79 Å². The normalized spacial score (nSPS) is 30.2. The van der Waals surface area contributed by atoms with Gasteiger partial charge in [-0.05, 0) is 59.4 Å². The molecule has 2 aliphatic rings. The highest BCUT2D eigenvalue weighted by Crippen LogP contribution is 2.36. The standard InChI is InChI=1S/C15H19IN2O/c16-13-6-2-1-5-11(13)15(19)18-8-10-4-3-7-14(17)12(10)9-18/h1-2,5-6,10,12,14H,3-4,7-9,17H2. The largest absolute Gasteiger partial charge is 0.338 e. The monoisotopic (exact) mass is 370 g/mol. The molecule has 1 amide bonds. The molecule has 2 N–H and O–H groups in total. The third-order valence-electron chi connectivity index (χ3n) is 4.55. The number of carbonyl (C=O) groups is 1. The molecular weight excluding hydrogens is 351 g/mol. The molecule has 19 heavy (non-hydrogen) atoms. The van der Waals surface area contributed by atoms with Crippen molar-refractivity contribution in [1.29, 1.82) is 0 Å². The van der Waals surface area contributed by atoms with Crippen LogP contribution in [0, 0.1) is 15.4 Å². The van der Waals surface area contributed by atoms with E-state index in [2.05, 4.69) is 22.6 Å². The predicted molar refractivity (Wildman–Crippen MR) is 83.9 cm³/mol. The van der Waals surface area contributed by atoms with Gasteiger partial charge in [0.05, 0.1) is 5.56 Å². The van der Waals surface area contributed by atoms with Crippen LogP contribution in [-0.2, 0) is 0 Å². The molecule has 1 heterocycles. The van der Waals surface area contributed by atoms with Crippen molar-refractivity contribution in [2.75, 3.05) is 13.1 Å². The number of rotatable bonds is 1. The molecule has 1 aromatic carbocycles. The Bertz CT molecular complexity index is 491. The van der Waals surface area contributed by atoms with Crippen LogP contribution >= 0.6 is 22.6 Å². The first kappa shape index (κ1) is 13.4. The SMILES string of the molecule is NC1CCCC2CN(C(=O)c3ccccc3I)CC12. The van der Waals surface area contributed by atoms with Gasteiger partial charge >= 0.3 is 0 Å². The van der Waals surface area contributed by atoms with Gasteiger partial charge in [-0.2, -0.15) is 0 Å². The maximum Gasteiger partial charge on any atom is 0.254 e. The number of nitrogens with zero attached hydrogens (tertiary/aromatic N) is 1. The van der Waals surface area contributed by atoms with E-state index in [0.29, 0.717) is 11.8 Å². The number of likely N-dealkylation sites (tertiary alicyclic amines) is 1. The average molecular weight is 370 g/mol. The summed E-state index contributed by atoms with van der Waals surface area (Å²) < 4.78 is 1.03. The molecule has 4 heteroatoms. The van der Waals surface area contributed by atoms with E-state index in [1.54, 1.807) is 0 Å². The second-order valence-corrected chi connectivity index (χ2v) is 6.87. The molecule has 1 aliphatic heterocycles. The van der Waals surface area contributed by atoms with E-state index in [1.807, 2.05) is 29.2 Å². The molecule has 3 nitrogen and oxygen atoms in total. The molecular formula is C15H19IN2O. The molecule has 3 atom stereocenters. The van der Waals surface area contributed by atoms with Crippen LogP contribution in [0.25, 0.3) is 0 Å². The lowest BCUT2D eigenvalue weighted by Gasteiger charge is -2.29. The molecule has 102 valence electrons. The van der Waals surface area contributed by atoms with E-state index in [1.165, 1.54) is 12.8 Å². The molecule has 1 saturated heterocycles. The number of benzene rings is 1. The number of hydrogen-bond acceptors (Lipinski definition) is 2. The maximum absolute atomic E-state index is 12.6. The van der Waals surface area contributed by atoms with Gasteiger partial charge in [0, 0.05) is 22.7 Å². The molecule has 1 aromatic rings. The molecule has 0 aromatic heterocycles. The first-order valence-corrected chi connectivity index (χ1v) is 8.04. The Kier molecular flexibility index (Phi) is 3.80. The lowest BCUT2D eigenvalue weighted by atomic mass is 9.78. The Balaban J connectivity index is 1.78. The molecule has 0 spiro atoms. The van der Waals surface area contributed by atoms with Crippen LogP contribution in [0.1, 0.15) is 29.6 Å². The fourth-order valence-corrected chi connectivity index (χ4v) is 4.11. The molecule has 0 radical (unpaired) electrons. The van der Waals surface area contributed by atoms with Gasteiger partial charge in [-0.25, -0.2) is 0 Å². The summed E-state index contributed by atoms with van der Waals surface area (Å²) in [6, 6.07) is 8.10. The van der Waals surface area contributed by atoms with Crippen molar-refractivity contribution in [1.82, 2.24) is 4.90 Å². The molecule has 2 fully saturated rings. The third-order valence-corrected chi connectivity index (χ3v) is 5.49. The summed E-state index contributed by atoms with van der Waals surface area (Å²) in [7, 11) is 0. The van der Waals surface area contributed by atoms with Crippen molar-refractivity contribution in [3.63, 3.8) is 0 Å². The summed E-state index contributed by atoms with van der Waals surface area (Å²) in [6.07, 6.45) is 3.56. The van der Waals surface area contributed by atoms with E-state index in [9.17, 15) is 4.79 Å². The Morgan fingerprint density at radius 2 is 2.05 bits per heavy atom. The molecule has 1 aliphatic carbocycles. The molecule has 0 bridgehead atoms. The van der Waals surface area contributed by atoms with Crippen molar-refractivity contribution in [2.24, 2.45) is 17.6 Å². The number of halogens is 1. The van der Waals surface area contributed by atoms with Gasteiger partial charge in [0.1, 0.15) is 0 Å². The summed E-state index contributed by atoms with van der Waals surface area (Å²) in [5.74, 6) is 1.31. The number of hydrogen-bond donors (Lipinski definition) is 1. The van der Waals surface area contributed by atoms with Crippen LogP contribution in [0.5, 0.6) is 0 Å². The fraction of sp³-hybridized carbons (Fsp3) is 0.533. The van der Waals surface area contributed by atoms with Gasteiger partial charge in [0.2, 0.25) is 0 Å². The first-order valence-electron chi connectivity index (χ1n) is 6.96. The van der Waals surface area contributed by atoms with Gasteiger partial charge in [0.25, 0.3) is 5.91 Å². The number of carbonyl (C=O) groups excluding carboxylic acids is 1. The van der Waals surface area contributed by atoms with Gasteiger partial charge < -0.3 is 10.6 Å². The highest BCUT2D eigenvalue weighted by atomic mass is 127. The molecule has 1 saturated carbocycles. The third kappa shape index (κ3) is 2.52. The van der Waals surface area contributed by atoms with Crippen molar-refractivity contribution in [3.05, 3.63) is 33.4 Å². The van der Waals surface area contributed by atoms with E-state index in [0.717, 1.165) is 28.6 Å². The number of nitrogens with two attached hydrogens (primary N) is 1. The van der Waals surface area contributed by atoms with Crippen LogP contribution in [0.3, 0.4) is 0 Å². The minimum absolute atomic E-state index is 0.173. The first-order chi connectivity index (χ1) is 9.16. The zero-order valence-corrected chi connectivity index (χ0v) is 13.0. The topological polar surface area (TPSA) is 46.3 Å². The second kappa shape index (κ2) is 5.40. The van der Waals surface area contributed by atoms with E-state index in [4.69, 9.17) is 5.73 Å². The Labute approximate surface area is 127 Å². The van der Waals surface area contributed by atoms with Gasteiger partial charge in [0.15, 0.2) is 0 Å². The van der Waals surface area contributed by atoms with E-state index < -0.39 is 0 Å². The molecule has 3 unspecified atom stereocenters. The van der Waals surface area contributed by atoms with Crippen molar-refractivity contribution in [2.45, 2.75) is 25.3 Å². The number of fused-ring (bicyclic) bond motifs is 1. The minimum atomic E-state index is 0.173. The lowest BCUT2D eigenvalue weighted by molar-refractivity contribution is 0.0782. The summed E-state index contributed by atoms with van der Waals surface area (Å²) >= 11 is 2.24. The van der Waals surface area contributed by atoms with Crippen molar-refractivity contribution in [3.8, 4) is 0 Å². The average Bonchev–Trinajstić information content (AvgIpc) is 2.84. The maximum atomic E-state index is 12.6. The van der Waals surface area contributed by atoms with E-state index in [-0.39, 0.29) is 11.9 Å². The quantitative estimate of drug-likeness (QED) is 0.773. The molecule has 3 rings (SSSR count). The van der Waals surface area contributed by atoms with E-state index >= 15 is 0 Å². The highest BCUT2D eigenvalue weighted by molar-refractivity contribution is 14.1. The van der Waals surface area contributed by atoms with Crippen LogP contribution in [0.2, 0.25) is 0 Å². The summed E-state index contributed by atoms with van der Waals surface area (Å²) in [5, 5.41) is 0. The van der Waals surface area contributed by atoms with Crippen LogP contribution in [-0.4, -0.2) is 29.9 Å². The second-order valence-electron chi connectivity index (χ2n) is 5.71. The predicted octanol–water partition coefficient (Wildman–Crippen LogP) is 2.49. The smallest absolute Gasteiger partial charge is 0.254 e.